The molecule has 0 amide bonds. The van der Waals surface area contributed by atoms with Crippen molar-refractivity contribution in [3.8, 4) is 0 Å². The van der Waals surface area contributed by atoms with Gasteiger partial charge in [0.15, 0.2) is 11.9 Å². The van der Waals surface area contributed by atoms with E-state index in [9.17, 15) is 29.7 Å². The van der Waals surface area contributed by atoms with Crippen molar-refractivity contribution in [2.24, 2.45) is 34.0 Å². The van der Waals surface area contributed by atoms with Crippen LogP contribution in [0.4, 0.5) is 0 Å². The molecule has 13 atom stereocenters. The SMILES string of the molecule is CC(=O)O[C@H]1C=CC(=O)[C@]2(C)[C@H]3CC[C@@]4(C)[C@@](O)(CC[C@]4(O)[C@@H]4C[C@@]5(C)C(=O)O[C@@H]4C[C@@]5(C)O)[C@@H]3C[C@H]3O[C@]132. The quantitative estimate of drug-likeness (QED) is 0.351. The molecule has 9 heteroatoms. The number of hydrogen-bond acceptors (Lipinski definition) is 9. The normalized spacial score (nSPS) is 60.5. The number of ether oxygens (including phenoxy) is 3. The fourth-order valence-electron chi connectivity index (χ4n) is 10.8. The van der Waals surface area contributed by atoms with Crippen LogP contribution < -0.4 is 0 Å². The van der Waals surface area contributed by atoms with E-state index in [4.69, 9.17) is 14.2 Å². The number of esters is 2. The zero-order valence-electron chi connectivity index (χ0n) is 23.4. The van der Waals surface area contributed by atoms with Crippen LogP contribution in [0.1, 0.15) is 79.6 Å². The Hall–Kier alpha value is -1.81. The molecule has 5 aliphatic carbocycles. The van der Waals surface area contributed by atoms with Crippen molar-refractivity contribution in [2.45, 2.75) is 120 Å². The molecule has 2 bridgehead atoms. The Balaban J connectivity index is 1.26. The van der Waals surface area contributed by atoms with Crippen LogP contribution in [0.15, 0.2) is 12.2 Å². The molecule has 9 nitrogen and oxygen atoms in total. The number of carbonyl (C=O) groups is 3. The average molecular weight is 545 g/mol. The van der Waals surface area contributed by atoms with Crippen molar-refractivity contribution in [2.75, 3.05) is 0 Å². The molecule has 7 fully saturated rings. The molecule has 8 rings (SSSR count). The smallest absolute Gasteiger partial charge is 0.315 e. The minimum atomic E-state index is -1.31. The highest BCUT2D eigenvalue weighted by Crippen LogP contribution is 2.76. The maximum absolute atomic E-state index is 13.6. The largest absolute Gasteiger partial charge is 0.461 e. The molecule has 3 saturated heterocycles. The van der Waals surface area contributed by atoms with Gasteiger partial charge in [0.25, 0.3) is 0 Å². The van der Waals surface area contributed by atoms with Gasteiger partial charge >= 0.3 is 11.9 Å². The molecule has 0 unspecified atom stereocenters. The van der Waals surface area contributed by atoms with Gasteiger partial charge in [-0.05, 0) is 83.3 Å². The van der Waals surface area contributed by atoms with Crippen LogP contribution in [0.5, 0.6) is 0 Å². The number of carbonyl (C=O) groups excluding carboxylic acids is 3. The van der Waals surface area contributed by atoms with Crippen LogP contribution in [-0.4, -0.2) is 73.8 Å². The zero-order valence-corrected chi connectivity index (χ0v) is 23.4. The molecule has 0 aromatic heterocycles. The van der Waals surface area contributed by atoms with Crippen molar-refractivity contribution in [3.05, 3.63) is 12.2 Å². The molecule has 4 saturated carbocycles. The number of allylic oxidation sites excluding steroid dienone is 1. The number of ketones is 1. The molecule has 3 heterocycles. The maximum atomic E-state index is 13.6. The lowest BCUT2D eigenvalue weighted by Gasteiger charge is -2.65. The van der Waals surface area contributed by atoms with Gasteiger partial charge in [-0.25, -0.2) is 0 Å². The van der Waals surface area contributed by atoms with E-state index in [0.717, 1.165) is 0 Å². The van der Waals surface area contributed by atoms with Gasteiger partial charge in [0, 0.05) is 24.7 Å². The van der Waals surface area contributed by atoms with E-state index in [2.05, 4.69) is 0 Å². The lowest BCUT2D eigenvalue weighted by Crippen LogP contribution is -2.73. The molecule has 0 aromatic rings. The summed E-state index contributed by atoms with van der Waals surface area (Å²) in [6.45, 7) is 8.60. The van der Waals surface area contributed by atoms with Crippen LogP contribution in [0.3, 0.4) is 0 Å². The molecule has 3 aliphatic heterocycles. The van der Waals surface area contributed by atoms with Crippen LogP contribution in [0.25, 0.3) is 0 Å². The Morgan fingerprint density at radius 3 is 2.28 bits per heavy atom. The molecular weight excluding hydrogens is 504 g/mol. The summed E-state index contributed by atoms with van der Waals surface area (Å²) in [7, 11) is 0. The molecule has 3 N–H and O–H groups in total. The number of fused-ring (bicyclic) bond motifs is 7. The van der Waals surface area contributed by atoms with Crippen molar-refractivity contribution < 1.29 is 43.9 Å². The van der Waals surface area contributed by atoms with E-state index in [-0.39, 0.29) is 30.1 Å². The molecule has 0 aromatic carbocycles. The van der Waals surface area contributed by atoms with E-state index in [1.165, 1.54) is 13.0 Å². The summed E-state index contributed by atoms with van der Waals surface area (Å²) in [6.07, 6.45) is 4.34. The van der Waals surface area contributed by atoms with E-state index in [0.29, 0.717) is 38.5 Å². The second-order valence-corrected chi connectivity index (χ2v) is 14.6. The fraction of sp³-hybridized carbons (Fsp3) is 0.833. The number of epoxide rings is 1. The molecule has 39 heavy (non-hydrogen) atoms. The number of hydrogen-bond donors (Lipinski definition) is 3. The van der Waals surface area contributed by atoms with Gasteiger partial charge in [0.2, 0.25) is 0 Å². The summed E-state index contributed by atoms with van der Waals surface area (Å²) in [5.41, 5.74) is -7.76. The molecular formula is C30H40O9. The predicted octanol–water partition coefficient (Wildman–Crippen LogP) is 1.99. The van der Waals surface area contributed by atoms with Crippen LogP contribution >= 0.6 is 0 Å². The van der Waals surface area contributed by atoms with E-state index in [1.807, 2.05) is 13.8 Å². The monoisotopic (exact) mass is 544 g/mol. The first kappa shape index (κ1) is 26.1. The Kier molecular flexibility index (Phi) is 4.78. The second-order valence-electron chi connectivity index (χ2n) is 14.6. The third-order valence-electron chi connectivity index (χ3n) is 13.5. The van der Waals surface area contributed by atoms with Crippen LogP contribution in [0, 0.1) is 34.0 Å². The zero-order chi connectivity index (χ0) is 28.2. The van der Waals surface area contributed by atoms with Gasteiger partial charge in [0.05, 0.1) is 33.7 Å². The van der Waals surface area contributed by atoms with Crippen molar-refractivity contribution in [1.82, 2.24) is 0 Å². The summed E-state index contributed by atoms with van der Waals surface area (Å²) in [4.78, 5) is 38.3. The Morgan fingerprint density at radius 2 is 1.64 bits per heavy atom. The van der Waals surface area contributed by atoms with Gasteiger partial charge in [-0.1, -0.05) is 6.92 Å². The van der Waals surface area contributed by atoms with Crippen molar-refractivity contribution in [1.29, 1.82) is 0 Å². The molecule has 214 valence electrons. The van der Waals surface area contributed by atoms with Gasteiger partial charge in [-0.3, -0.25) is 14.4 Å². The molecule has 8 aliphatic rings. The third-order valence-corrected chi connectivity index (χ3v) is 13.5. The van der Waals surface area contributed by atoms with Gasteiger partial charge < -0.3 is 29.5 Å². The lowest BCUT2D eigenvalue weighted by atomic mass is 9.41. The van der Waals surface area contributed by atoms with Crippen LogP contribution in [0.2, 0.25) is 0 Å². The number of aliphatic hydroxyl groups is 3. The fourth-order valence-corrected chi connectivity index (χ4v) is 10.8. The predicted molar refractivity (Wildman–Crippen MR) is 135 cm³/mol. The Bertz CT molecular complexity index is 1230. The summed E-state index contributed by atoms with van der Waals surface area (Å²) in [6, 6.07) is 0. The van der Waals surface area contributed by atoms with E-state index in [1.54, 1.807) is 19.9 Å². The summed E-state index contributed by atoms with van der Waals surface area (Å²) in [5.74, 6) is -1.87. The summed E-state index contributed by atoms with van der Waals surface area (Å²) >= 11 is 0. The first-order valence-electron chi connectivity index (χ1n) is 14.5. The van der Waals surface area contributed by atoms with Gasteiger partial charge in [-0.2, -0.15) is 0 Å². The minimum Gasteiger partial charge on any atom is -0.461 e. The lowest BCUT2D eigenvalue weighted by molar-refractivity contribution is -0.282. The highest BCUT2D eigenvalue weighted by Gasteiger charge is 2.84. The third kappa shape index (κ3) is 2.62. The first-order chi connectivity index (χ1) is 18.0. The second kappa shape index (κ2) is 7.15. The minimum absolute atomic E-state index is 0.0739. The topological polar surface area (TPSA) is 143 Å². The summed E-state index contributed by atoms with van der Waals surface area (Å²) in [5, 5.41) is 36.4. The summed E-state index contributed by atoms with van der Waals surface area (Å²) < 4.78 is 17.8. The van der Waals surface area contributed by atoms with E-state index < -0.39 is 68.7 Å². The Morgan fingerprint density at radius 1 is 0.974 bits per heavy atom. The maximum Gasteiger partial charge on any atom is 0.315 e. The van der Waals surface area contributed by atoms with Gasteiger partial charge in [0.1, 0.15) is 11.7 Å². The average Bonchev–Trinajstić information content (AvgIpc) is 3.54. The molecule has 0 radical (unpaired) electrons. The Labute approximate surface area is 228 Å². The van der Waals surface area contributed by atoms with Crippen molar-refractivity contribution in [3.63, 3.8) is 0 Å². The first-order valence-corrected chi connectivity index (χ1v) is 14.5. The molecule has 1 spiro atoms. The van der Waals surface area contributed by atoms with E-state index >= 15 is 0 Å². The standard InChI is InChI=1S/C30H40O9/c1-15(31)37-21-7-6-20(32)27(5)16-8-9-25(3)28(35,17(16)12-22-30(21,27)39-22)10-11-29(25,36)18-13-24(2)23(33)38-19(18)14-26(24,4)34/h6-7,16-19,21-22,34-36H,8-14H2,1-5H3/t16-,17+,18+,19+,21-,22+,24-,25-,26+,27-,28+,29-,30+/m0/s1. The highest BCUT2D eigenvalue weighted by atomic mass is 16.7. The van der Waals surface area contributed by atoms with Gasteiger partial charge in [-0.15, -0.1) is 0 Å². The number of rotatable bonds is 2. The van der Waals surface area contributed by atoms with Crippen molar-refractivity contribution >= 4 is 17.7 Å². The highest BCUT2D eigenvalue weighted by molar-refractivity contribution is 5.98. The van der Waals surface area contributed by atoms with Crippen LogP contribution in [-0.2, 0) is 28.6 Å².